The highest BCUT2D eigenvalue weighted by atomic mass is 19.1. The molecule has 2 amide bonds. The van der Waals surface area contributed by atoms with Crippen molar-refractivity contribution in [1.82, 2.24) is 20.2 Å². The molecule has 11 heteroatoms. The lowest BCUT2D eigenvalue weighted by molar-refractivity contribution is -0.118. The second-order valence-electron chi connectivity index (χ2n) is 9.80. The van der Waals surface area contributed by atoms with Gasteiger partial charge in [0.15, 0.2) is 5.82 Å². The third-order valence-electron chi connectivity index (χ3n) is 7.20. The molecule has 39 heavy (non-hydrogen) atoms. The fourth-order valence-electron chi connectivity index (χ4n) is 4.86. The lowest BCUT2D eigenvalue weighted by Gasteiger charge is -2.29. The molecule has 10 nitrogen and oxygen atoms in total. The van der Waals surface area contributed by atoms with Crippen molar-refractivity contribution >= 4 is 40.6 Å². The van der Waals surface area contributed by atoms with Crippen LogP contribution >= 0.6 is 0 Å². The van der Waals surface area contributed by atoms with Crippen LogP contribution in [0.5, 0.6) is 5.75 Å². The van der Waals surface area contributed by atoms with Gasteiger partial charge < -0.3 is 30.1 Å². The van der Waals surface area contributed by atoms with E-state index >= 15 is 0 Å². The van der Waals surface area contributed by atoms with Gasteiger partial charge in [-0.25, -0.2) is 9.37 Å². The largest absolute Gasteiger partial charge is 0.495 e. The van der Waals surface area contributed by atoms with E-state index in [-0.39, 0.29) is 36.8 Å². The Labute approximate surface area is 226 Å². The van der Waals surface area contributed by atoms with Crippen molar-refractivity contribution in [2.45, 2.75) is 25.3 Å². The maximum Gasteiger partial charge on any atom is 0.251 e. The summed E-state index contributed by atoms with van der Waals surface area (Å²) in [4.78, 5) is 40.0. The van der Waals surface area contributed by atoms with Crippen LogP contribution in [0.4, 0.5) is 33.2 Å². The number of ether oxygens (including phenoxy) is 1. The van der Waals surface area contributed by atoms with Crippen LogP contribution in [0.15, 0.2) is 48.7 Å². The summed E-state index contributed by atoms with van der Waals surface area (Å²) >= 11 is 0. The summed E-state index contributed by atoms with van der Waals surface area (Å²) in [6.45, 7) is 2.17. The molecule has 1 fully saturated rings. The number of carbonyl (C=O) groups is 2. The molecule has 2 aliphatic heterocycles. The number of para-hydroxylation sites is 1. The minimum absolute atomic E-state index is 0.116. The molecule has 0 bridgehead atoms. The molecule has 3 aromatic rings. The third kappa shape index (κ3) is 5.63. The molecule has 0 saturated carbocycles. The Morgan fingerprint density at radius 2 is 1.85 bits per heavy atom. The highest BCUT2D eigenvalue weighted by Crippen LogP contribution is 2.37. The molecule has 0 aliphatic carbocycles. The number of rotatable bonds is 6. The number of halogens is 1. The van der Waals surface area contributed by atoms with Crippen molar-refractivity contribution in [3.8, 4) is 5.75 Å². The summed E-state index contributed by atoms with van der Waals surface area (Å²) in [6.07, 6.45) is 3.56. The molecular weight excluding hydrogens is 501 g/mol. The van der Waals surface area contributed by atoms with Gasteiger partial charge in [-0.3, -0.25) is 9.59 Å². The van der Waals surface area contributed by atoms with Crippen LogP contribution in [0.3, 0.4) is 0 Å². The lowest BCUT2D eigenvalue weighted by Crippen LogP contribution is -2.43. The number of methoxy groups -OCH3 is 1. The van der Waals surface area contributed by atoms with Gasteiger partial charge in [0.25, 0.3) is 5.91 Å². The number of piperidine rings is 1. The number of fused-ring (bicyclic) bond motifs is 1. The van der Waals surface area contributed by atoms with Crippen LogP contribution in [-0.2, 0) is 4.79 Å². The number of anilines is 5. The van der Waals surface area contributed by atoms with E-state index in [4.69, 9.17) is 4.74 Å². The first-order chi connectivity index (χ1) is 18.8. The number of benzene rings is 2. The third-order valence-corrected chi connectivity index (χ3v) is 7.20. The van der Waals surface area contributed by atoms with Crippen LogP contribution in [0.25, 0.3) is 0 Å². The molecule has 0 radical (unpaired) electrons. The second-order valence-corrected chi connectivity index (χ2v) is 9.80. The lowest BCUT2D eigenvalue weighted by atomic mass is 10.0. The van der Waals surface area contributed by atoms with E-state index in [1.54, 1.807) is 48.3 Å². The zero-order chi connectivity index (χ0) is 27.5. The summed E-state index contributed by atoms with van der Waals surface area (Å²) < 4.78 is 20.3. The average Bonchev–Trinajstić information content (AvgIpc) is 3.06. The SMILES string of the molecule is COc1cc(C(=O)NC2CCN(C)CC2)ccc1Nc1ncc2c(n1)N(c1ccccc1F)CCC(=O)N2C. The highest BCUT2D eigenvalue weighted by Gasteiger charge is 2.28. The van der Waals surface area contributed by atoms with E-state index in [1.807, 2.05) is 0 Å². The fraction of sp³-hybridized carbons (Fsp3) is 0.357. The number of nitrogens with zero attached hydrogens (tertiary/aromatic N) is 5. The van der Waals surface area contributed by atoms with Crippen molar-refractivity contribution < 1.29 is 18.7 Å². The van der Waals surface area contributed by atoms with Crippen molar-refractivity contribution in [3.63, 3.8) is 0 Å². The molecule has 2 aliphatic rings. The maximum absolute atomic E-state index is 14.8. The average molecular weight is 534 g/mol. The van der Waals surface area contributed by atoms with Crippen molar-refractivity contribution in [2.24, 2.45) is 0 Å². The predicted molar refractivity (Wildman–Crippen MR) is 148 cm³/mol. The molecule has 204 valence electrons. The number of aromatic nitrogens is 2. The Kier molecular flexibility index (Phi) is 7.60. The van der Waals surface area contributed by atoms with Gasteiger partial charge in [-0.1, -0.05) is 12.1 Å². The molecule has 0 unspecified atom stereocenters. The zero-order valence-corrected chi connectivity index (χ0v) is 22.3. The number of hydrogen-bond acceptors (Lipinski definition) is 8. The number of hydrogen-bond donors (Lipinski definition) is 2. The molecule has 1 saturated heterocycles. The number of nitrogens with one attached hydrogen (secondary N) is 2. The van der Waals surface area contributed by atoms with E-state index in [0.29, 0.717) is 34.2 Å². The molecular formula is C28H32FN7O3. The standard InChI is InChI=1S/C28H32FN7O3/c1-34-13-10-19(11-14-34)31-27(38)18-8-9-21(24(16-18)39-3)32-28-30-17-23-26(33-28)36(15-12-25(37)35(23)2)22-7-5-4-6-20(22)29/h4-9,16-17,19H,10-15H2,1-3H3,(H,31,38)(H,30,32,33). The van der Waals surface area contributed by atoms with Gasteiger partial charge >= 0.3 is 0 Å². The van der Waals surface area contributed by atoms with Crippen LogP contribution < -0.4 is 25.2 Å². The maximum atomic E-state index is 14.8. The molecule has 2 N–H and O–H groups in total. The van der Waals surface area contributed by atoms with Crippen LogP contribution in [-0.4, -0.2) is 73.6 Å². The quantitative estimate of drug-likeness (QED) is 0.495. The Hall–Kier alpha value is -4.25. The summed E-state index contributed by atoms with van der Waals surface area (Å²) in [5, 5.41) is 6.27. The van der Waals surface area contributed by atoms with E-state index in [0.717, 1.165) is 25.9 Å². The Balaban J connectivity index is 1.41. The molecule has 0 spiro atoms. The number of amides is 2. The first-order valence-corrected chi connectivity index (χ1v) is 12.9. The van der Waals surface area contributed by atoms with Crippen molar-refractivity contribution in [3.05, 3.63) is 60.0 Å². The van der Waals surface area contributed by atoms with Crippen molar-refractivity contribution in [2.75, 3.05) is 56.0 Å². The molecule has 2 aromatic carbocycles. The fourth-order valence-corrected chi connectivity index (χ4v) is 4.86. The topological polar surface area (TPSA) is 103 Å². The van der Waals surface area contributed by atoms with Gasteiger partial charge in [-0.15, -0.1) is 0 Å². The van der Waals surface area contributed by atoms with E-state index in [9.17, 15) is 14.0 Å². The Bertz CT molecular complexity index is 1380. The van der Waals surface area contributed by atoms with Crippen LogP contribution in [0, 0.1) is 5.82 Å². The summed E-state index contributed by atoms with van der Waals surface area (Å²) in [5.41, 5.74) is 1.84. The molecule has 0 atom stereocenters. The van der Waals surface area contributed by atoms with Gasteiger partial charge in [0.1, 0.15) is 17.3 Å². The first kappa shape index (κ1) is 26.4. The zero-order valence-electron chi connectivity index (χ0n) is 22.3. The van der Waals surface area contributed by atoms with Crippen LogP contribution in [0.2, 0.25) is 0 Å². The first-order valence-electron chi connectivity index (χ1n) is 12.9. The smallest absolute Gasteiger partial charge is 0.251 e. The van der Waals surface area contributed by atoms with Gasteiger partial charge in [-0.05, 0) is 63.3 Å². The van der Waals surface area contributed by atoms with Crippen LogP contribution in [0.1, 0.15) is 29.6 Å². The predicted octanol–water partition coefficient (Wildman–Crippen LogP) is 3.70. The highest BCUT2D eigenvalue weighted by molar-refractivity contribution is 5.98. The van der Waals surface area contributed by atoms with Gasteiger partial charge in [0.05, 0.1) is 24.7 Å². The normalized spacial score (nSPS) is 16.5. The Morgan fingerprint density at radius 3 is 2.59 bits per heavy atom. The van der Waals surface area contributed by atoms with Gasteiger partial charge in [0, 0.05) is 31.6 Å². The van der Waals surface area contributed by atoms with Gasteiger partial charge in [-0.2, -0.15) is 4.98 Å². The van der Waals surface area contributed by atoms with E-state index in [2.05, 4.69) is 32.5 Å². The summed E-state index contributed by atoms with van der Waals surface area (Å²) in [5.74, 6) is 0.407. The number of likely N-dealkylation sites (tertiary alicyclic amines) is 1. The Morgan fingerprint density at radius 1 is 1.08 bits per heavy atom. The summed E-state index contributed by atoms with van der Waals surface area (Å²) in [7, 11) is 5.26. The van der Waals surface area contributed by atoms with E-state index in [1.165, 1.54) is 24.3 Å². The molecule has 5 rings (SSSR count). The monoisotopic (exact) mass is 533 g/mol. The molecule has 3 heterocycles. The van der Waals surface area contributed by atoms with Gasteiger partial charge in [0.2, 0.25) is 11.9 Å². The summed E-state index contributed by atoms with van der Waals surface area (Å²) in [6, 6.07) is 11.7. The number of carbonyl (C=O) groups excluding carboxylic acids is 2. The minimum atomic E-state index is -0.413. The minimum Gasteiger partial charge on any atom is -0.495 e. The molecule has 1 aromatic heterocycles. The van der Waals surface area contributed by atoms with Crippen molar-refractivity contribution in [1.29, 1.82) is 0 Å². The second kappa shape index (κ2) is 11.2. The van der Waals surface area contributed by atoms with E-state index < -0.39 is 5.82 Å².